The van der Waals surface area contributed by atoms with Crippen LogP contribution in [-0.2, 0) is 0 Å². The highest BCUT2D eigenvalue weighted by Gasteiger charge is 2.36. The number of hydrogen-bond acceptors (Lipinski definition) is 6. The van der Waals surface area contributed by atoms with Gasteiger partial charge in [-0.05, 0) is 36.8 Å². The molecule has 6 nitrogen and oxygen atoms in total. The molecule has 3 aromatic rings. The predicted octanol–water partition coefficient (Wildman–Crippen LogP) is 4.32. The molecule has 1 heterocycles. The zero-order chi connectivity index (χ0) is 21.4. The Hall–Kier alpha value is -3.67. The first-order valence-corrected chi connectivity index (χ1v) is 9.55. The monoisotopic (exact) mass is 406 g/mol. The van der Waals surface area contributed by atoms with Gasteiger partial charge in [-0.25, -0.2) is 0 Å². The largest absolute Gasteiger partial charge is 0.508 e. The third-order valence-electron chi connectivity index (χ3n) is 5.54. The molecule has 3 N–H and O–H groups in total. The minimum atomic E-state index is -0.271. The molecule has 4 rings (SSSR count). The Labute approximate surface area is 174 Å². The second kappa shape index (κ2) is 7.63. The molecule has 0 spiro atoms. The first kappa shape index (κ1) is 19.6. The number of ether oxygens (including phenoxy) is 2. The fourth-order valence-electron chi connectivity index (χ4n) is 4.08. The number of methoxy groups -OCH3 is 1. The molecule has 0 saturated heterocycles. The van der Waals surface area contributed by atoms with Gasteiger partial charge < -0.3 is 24.8 Å². The summed E-state index contributed by atoms with van der Waals surface area (Å²) in [6.07, 6.45) is 0. The smallest absolute Gasteiger partial charge is 0.163 e. The molecule has 154 valence electrons. The van der Waals surface area contributed by atoms with Crippen LogP contribution in [0.25, 0.3) is 0 Å². The van der Waals surface area contributed by atoms with Crippen LogP contribution in [0.15, 0.2) is 54.6 Å². The van der Waals surface area contributed by atoms with Gasteiger partial charge in [0.25, 0.3) is 0 Å². The molecule has 0 aliphatic carbocycles. The number of rotatable bonds is 4. The maximum Gasteiger partial charge on any atom is 0.163 e. The van der Waals surface area contributed by atoms with Gasteiger partial charge in [0.15, 0.2) is 5.78 Å². The third kappa shape index (κ3) is 3.41. The minimum absolute atomic E-state index is 0.0951. The lowest BCUT2D eigenvalue weighted by Gasteiger charge is -2.35. The van der Waals surface area contributed by atoms with E-state index in [1.54, 1.807) is 36.4 Å². The molecule has 0 aromatic heterocycles. The minimum Gasteiger partial charge on any atom is -0.508 e. The first-order chi connectivity index (χ1) is 14.4. The van der Waals surface area contributed by atoms with Crippen LogP contribution in [0.3, 0.4) is 0 Å². The van der Waals surface area contributed by atoms with Crippen LogP contribution < -0.4 is 9.47 Å². The van der Waals surface area contributed by atoms with Crippen LogP contribution in [0, 0.1) is 0 Å². The van der Waals surface area contributed by atoms with E-state index in [0.29, 0.717) is 18.1 Å². The quantitative estimate of drug-likeness (QED) is 0.559. The highest BCUT2D eigenvalue weighted by molar-refractivity contribution is 5.97. The van der Waals surface area contributed by atoms with Crippen molar-refractivity contribution in [2.75, 3.05) is 13.7 Å². The number of fused-ring (bicyclic) bond motifs is 1. The van der Waals surface area contributed by atoms with Crippen molar-refractivity contribution < 1.29 is 29.6 Å². The van der Waals surface area contributed by atoms with Gasteiger partial charge >= 0.3 is 0 Å². The lowest BCUT2D eigenvalue weighted by atomic mass is 9.75. The van der Waals surface area contributed by atoms with E-state index in [4.69, 9.17) is 9.47 Å². The summed E-state index contributed by atoms with van der Waals surface area (Å²) in [5.74, 6) is 0.448. The second-order valence-electron chi connectivity index (χ2n) is 7.38. The number of phenolic OH excluding ortho intramolecular Hbond substituents is 3. The highest BCUT2D eigenvalue weighted by atomic mass is 16.5. The van der Waals surface area contributed by atoms with Crippen molar-refractivity contribution in [3.05, 3.63) is 76.9 Å². The van der Waals surface area contributed by atoms with Crippen LogP contribution in [0.5, 0.6) is 28.7 Å². The van der Waals surface area contributed by atoms with E-state index in [-0.39, 0.29) is 40.4 Å². The number of ketones is 1. The van der Waals surface area contributed by atoms with Crippen molar-refractivity contribution in [1.82, 2.24) is 0 Å². The summed E-state index contributed by atoms with van der Waals surface area (Å²) >= 11 is 0. The van der Waals surface area contributed by atoms with Crippen molar-refractivity contribution in [2.24, 2.45) is 0 Å². The zero-order valence-corrected chi connectivity index (χ0v) is 16.6. The Bertz CT molecular complexity index is 1100. The number of aromatic hydroxyl groups is 3. The molecular weight excluding hydrogens is 384 g/mol. The van der Waals surface area contributed by atoms with Crippen LogP contribution in [0.1, 0.15) is 45.8 Å². The Balaban J connectivity index is 1.95. The van der Waals surface area contributed by atoms with Crippen LogP contribution >= 0.6 is 0 Å². The highest BCUT2D eigenvalue weighted by Crippen LogP contribution is 2.50. The molecule has 0 unspecified atom stereocenters. The molecule has 0 radical (unpaired) electrons. The lowest BCUT2D eigenvalue weighted by molar-refractivity contribution is 0.101. The topological polar surface area (TPSA) is 96.2 Å². The van der Waals surface area contributed by atoms with E-state index in [2.05, 4.69) is 0 Å². The van der Waals surface area contributed by atoms with Gasteiger partial charge in [-0.2, -0.15) is 0 Å². The maximum atomic E-state index is 12.1. The van der Waals surface area contributed by atoms with Crippen molar-refractivity contribution in [3.8, 4) is 28.7 Å². The second-order valence-corrected chi connectivity index (χ2v) is 7.38. The van der Waals surface area contributed by atoms with Gasteiger partial charge in [-0.3, -0.25) is 4.79 Å². The number of Topliss-reactive ketones (excluding diaryl/α,β-unsaturated/α-hetero) is 1. The molecule has 3 aromatic carbocycles. The summed E-state index contributed by atoms with van der Waals surface area (Å²) in [5, 5.41) is 29.9. The molecule has 6 heteroatoms. The molecule has 1 aliphatic heterocycles. The molecule has 30 heavy (non-hydrogen) atoms. The van der Waals surface area contributed by atoms with Crippen LogP contribution in [-0.4, -0.2) is 34.8 Å². The van der Waals surface area contributed by atoms with Crippen molar-refractivity contribution in [1.29, 1.82) is 0 Å². The van der Waals surface area contributed by atoms with E-state index in [9.17, 15) is 20.1 Å². The average molecular weight is 406 g/mol. The molecule has 2 atom stereocenters. The number of carbonyl (C=O) groups is 1. The standard InChI is InChI=1S/C24H22O6/c1-13(25)18-10-19(22(29-2)11-21(18)28)24-17-8-7-16(27)9-23(17)30-12-20(24)14-3-5-15(26)6-4-14/h3-11,20,24,26-28H,12H2,1-2H3/t20-,24-/m1/s1. The van der Waals surface area contributed by atoms with E-state index in [1.165, 1.54) is 20.1 Å². The Morgan fingerprint density at radius 3 is 2.33 bits per heavy atom. The molecule has 0 fully saturated rings. The van der Waals surface area contributed by atoms with E-state index in [1.807, 2.05) is 12.1 Å². The Morgan fingerprint density at radius 2 is 1.67 bits per heavy atom. The Kier molecular flexibility index (Phi) is 4.99. The maximum absolute atomic E-state index is 12.1. The molecular formula is C24H22O6. The Morgan fingerprint density at radius 1 is 0.967 bits per heavy atom. The van der Waals surface area contributed by atoms with Crippen molar-refractivity contribution in [3.63, 3.8) is 0 Å². The van der Waals surface area contributed by atoms with Gasteiger partial charge in [0.1, 0.15) is 28.7 Å². The number of phenols is 3. The summed E-state index contributed by atoms with van der Waals surface area (Å²) in [5.41, 5.74) is 2.71. The normalized spacial score (nSPS) is 17.7. The number of hydrogen-bond donors (Lipinski definition) is 3. The third-order valence-corrected chi connectivity index (χ3v) is 5.54. The van der Waals surface area contributed by atoms with Gasteiger partial charge in [0.2, 0.25) is 0 Å². The van der Waals surface area contributed by atoms with Gasteiger partial charge in [-0.15, -0.1) is 0 Å². The predicted molar refractivity (Wildman–Crippen MR) is 111 cm³/mol. The van der Waals surface area contributed by atoms with Crippen molar-refractivity contribution >= 4 is 5.78 Å². The van der Waals surface area contributed by atoms with E-state index in [0.717, 1.165) is 16.7 Å². The molecule has 0 amide bonds. The van der Waals surface area contributed by atoms with Crippen LogP contribution in [0.2, 0.25) is 0 Å². The van der Waals surface area contributed by atoms with Crippen molar-refractivity contribution in [2.45, 2.75) is 18.8 Å². The lowest BCUT2D eigenvalue weighted by Crippen LogP contribution is -2.25. The van der Waals surface area contributed by atoms with Gasteiger partial charge in [-0.1, -0.05) is 18.2 Å². The number of benzene rings is 3. The summed E-state index contributed by atoms with van der Waals surface area (Å²) in [7, 11) is 1.51. The molecule has 0 bridgehead atoms. The average Bonchev–Trinajstić information content (AvgIpc) is 2.73. The first-order valence-electron chi connectivity index (χ1n) is 9.55. The van der Waals surface area contributed by atoms with Gasteiger partial charge in [0.05, 0.1) is 19.3 Å². The SMILES string of the molecule is COc1cc(O)c(C(C)=O)cc1[C@H]1c2ccc(O)cc2OC[C@@H]1c1ccc(O)cc1. The summed E-state index contributed by atoms with van der Waals surface area (Å²) < 4.78 is 11.5. The zero-order valence-electron chi connectivity index (χ0n) is 16.6. The van der Waals surface area contributed by atoms with E-state index < -0.39 is 0 Å². The molecule has 1 aliphatic rings. The molecule has 0 saturated carbocycles. The fraction of sp³-hybridized carbons (Fsp3) is 0.208. The summed E-state index contributed by atoms with van der Waals surface area (Å²) in [6.45, 7) is 1.73. The van der Waals surface area contributed by atoms with Gasteiger partial charge in [0, 0.05) is 35.1 Å². The van der Waals surface area contributed by atoms with Crippen LogP contribution in [0.4, 0.5) is 0 Å². The number of carbonyl (C=O) groups excluding carboxylic acids is 1. The summed E-state index contributed by atoms with van der Waals surface area (Å²) in [6, 6.07) is 15.0. The van der Waals surface area contributed by atoms with E-state index >= 15 is 0 Å². The fourth-order valence-corrected chi connectivity index (χ4v) is 4.08. The summed E-state index contributed by atoms with van der Waals surface area (Å²) in [4.78, 5) is 12.1.